The molecule has 5 nitrogen and oxygen atoms in total. The third kappa shape index (κ3) is 2.70. The zero-order valence-electron chi connectivity index (χ0n) is 12.0. The van der Waals surface area contributed by atoms with Gasteiger partial charge in [-0.3, -0.25) is 4.90 Å². The van der Waals surface area contributed by atoms with Crippen LogP contribution in [0.4, 0.5) is 0 Å². The normalized spacial score (nSPS) is 20.5. The summed E-state index contributed by atoms with van der Waals surface area (Å²) in [4.78, 5) is 2.41. The lowest BCUT2D eigenvalue weighted by Gasteiger charge is -2.44. The first-order valence-corrected chi connectivity index (χ1v) is 7.93. The molecule has 1 saturated heterocycles. The molecule has 0 radical (unpaired) electrons. The van der Waals surface area contributed by atoms with E-state index in [0.717, 1.165) is 0 Å². The van der Waals surface area contributed by atoms with Crippen LogP contribution in [-0.4, -0.2) is 49.8 Å². The number of sulfonamides is 1. The van der Waals surface area contributed by atoms with Crippen LogP contribution in [0.2, 0.25) is 0 Å². The van der Waals surface area contributed by atoms with Gasteiger partial charge < -0.3 is 0 Å². The van der Waals surface area contributed by atoms with E-state index in [-0.39, 0.29) is 10.4 Å². The maximum atomic E-state index is 12.6. The van der Waals surface area contributed by atoms with Crippen LogP contribution in [0.5, 0.6) is 0 Å². The zero-order valence-corrected chi connectivity index (χ0v) is 12.8. The number of nitriles is 1. The first kappa shape index (κ1) is 15.0. The van der Waals surface area contributed by atoms with Gasteiger partial charge in [-0.1, -0.05) is 0 Å². The molecule has 0 aliphatic carbocycles. The molecule has 1 aliphatic heterocycles. The molecule has 20 heavy (non-hydrogen) atoms. The molecule has 2 rings (SSSR count). The lowest BCUT2D eigenvalue weighted by Crippen LogP contribution is -2.58. The minimum absolute atomic E-state index is 0.183. The molecule has 1 aromatic rings. The van der Waals surface area contributed by atoms with Crippen molar-refractivity contribution in [3.63, 3.8) is 0 Å². The lowest BCUT2D eigenvalue weighted by molar-refractivity contribution is 0.0801. The van der Waals surface area contributed by atoms with Crippen molar-refractivity contribution in [3.8, 4) is 6.07 Å². The van der Waals surface area contributed by atoms with E-state index in [1.807, 2.05) is 27.0 Å². The zero-order chi connectivity index (χ0) is 15.0. The smallest absolute Gasteiger partial charge is 0.243 e. The summed E-state index contributed by atoms with van der Waals surface area (Å²) < 4.78 is 26.7. The van der Waals surface area contributed by atoms with E-state index in [1.54, 1.807) is 0 Å². The molecule has 0 amide bonds. The molecular weight excluding hydrogens is 274 g/mol. The van der Waals surface area contributed by atoms with Gasteiger partial charge in [-0.2, -0.15) is 9.57 Å². The van der Waals surface area contributed by atoms with Gasteiger partial charge in [0, 0.05) is 25.2 Å². The summed E-state index contributed by atoms with van der Waals surface area (Å²) in [5, 5.41) is 8.76. The molecule has 0 aromatic heterocycles. The molecule has 1 fully saturated rings. The highest BCUT2D eigenvalue weighted by atomic mass is 32.2. The second kappa shape index (κ2) is 5.17. The van der Waals surface area contributed by atoms with E-state index in [2.05, 4.69) is 4.90 Å². The van der Waals surface area contributed by atoms with Crippen LogP contribution in [0.15, 0.2) is 29.2 Å². The Morgan fingerprint density at radius 2 is 1.80 bits per heavy atom. The number of piperazine rings is 1. The molecular formula is C14H19N3O2S. The standard InChI is InChI=1S/C14H19N3O2S/c1-14(2)11-17(9-8-16(14)3)20(18,19)13-6-4-12(10-15)5-7-13/h4-7H,8-9,11H2,1-3H3. The van der Waals surface area contributed by atoms with Crippen LogP contribution < -0.4 is 0 Å². The molecule has 0 atom stereocenters. The number of likely N-dealkylation sites (N-methyl/N-ethyl adjacent to an activating group) is 1. The van der Waals surface area contributed by atoms with Crippen molar-refractivity contribution in [1.29, 1.82) is 5.26 Å². The highest BCUT2D eigenvalue weighted by molar-refractivity contribution is 7.89. The van der Waals surface area contributed by atoms with E-state index >= 15 is 0 Å². The van der Waals surface area contributed by atoms with Crippen molar-refractivity contribution in [3.05, 3.63) is 29.8 Å². The minimum atomic E-state index is -3.48. The summed E-state index contributed by atoms with van der Waals surface area (Å²) in [7, 11) is -1.48. The van der Waals surface area contributed by atoms with Gasteiger partial charge in [0.2, 0.25) is 10.0 Å². The molecule has 1 aliphatic rings. The van der Waals surface area contributed by atoms with E-state index < -0.39 is 10.0 Å². The average Bonchev–Trinajstić information content (AvgIpc) is 2.41. The number of benzene rings is 1. The first-order valence-electron chi connectivity index (χ1n) is 6.49. The van der Waals surface area contributed by atoms with E-state index in [9.17, 15) is 8.42 Å². The second-order valence-corrected chi connectivity index (χ2v) is 7.65. The quantitative estimate of drug-likeness (QED) is 0.824. The predicted molar refractivity (Wildman–Crippen MR) is 76.6 cm³/mol. The highest BCUT2D eigenvalue weighted by Gasteiger charge is 2.37. The molecule has 1 heterocycles. The summed E-state index contributed by atoms with van der Waals surface area (Å²) in [5.74, 6) is 0. The summed E-state index contributed by atoms with van der Waals surface area (Å²) >= 11 is 0. The van der Waals surface area contributed by atoms with Crippen molar-refractivity contribution >= 4 is 10.0 Å². The highest BCUT2D eigenvalue weighted by Crippen LogP contribution is 2.24. The van der Waals surface area contributed by atoms with Crippen molar-refractivity contribution in [2.24, 2.45) is 0 Å². The van der Waals surface area contributed by atoms with Gasteiger partial charge in [0.25, 0.3) is 0 Å². The second-order valence-electron chi connectivity index (χ2n) is 5.71. The van der Waals surface area contributed by atoms with Crippen LogP contribution in [0.3, 0.4) is 0 Å². The summed E-state index contributed by atoms with van der Waals surface area (Å²) in [6.07, 6.45) is 0. The Bertz CT molecular complexity index is 629. The third-order valence-corrected chi connectivity index (χ3v) is 5.76. The topological polar surface area (TPSA) is 64.4 Å². The van der Waals surface area contributed by atoms with Crippen LogP contribution in [-0.2, 0) is 10.0 Å². The van der Waals surface area contributed by atoms with Crippen molar-refractivity contribution in [1.82, 2.24) is 9.21 Å². The minimum Gasteiger partial charge on any atom is -0.299 e. The van der Waals surface area contributed by atoms with E-state index in [1.165, 1.54) is 28.6 Å². The molecule has 0 N–H and O–H groups in total. The first-order chi connectivity index (χ1) is 9.27. The Morgan fingerprint density at radius 3 is 2.30 bits per heavy atom. The fourth-order valence-corrected chi connectivity index (χ4v) is 3.84. The van der Waals surface area contributed by atoms with Crippen LogP contribution in [0.25, 0.3) is 0 Å². The van der Waals surface area contributed by atoms with E-state index in [4.69, 9.17) is 5.26 Å². The van der Waals surface area contributed by atoms with Crippen LogP contribution in [0, 0.1) is 11.3 Å². The number of hydrogen-bond acceptors (Lipinski definition) is 4. The lowest BCUT2D eigenvalue weighted by atomic mass is 10.0. The summed E-state index contributed by atoms with van der Waals surface area (Å²) in [6.45, 7) is 5.73. The average molecular weight is 293 g/mol. The van der Waals surface area contributed by atoms with Gasteiger partial charge in [-0.25, -0.2) is 8.42 Å². The summed E-state index contributed by atoms with van der Waals surface area (Å²) in [5.41, 5.74) is 0.278. The van der Waals surface area contributed by atoms with Crippen LogP contribution in [0.1, 0.15) is 19.4 Å². The number of rotatable bonds is 2. The Hall–Kier alpha value is -1.42. The monoisotopic (exact) mass is 293 g/mol. The van der Waals surface area contributed by atoms with E-state index in [0.29, 0.717) is 25.2 Å². The maximum Gasteiger partial charge on any atom is 0.243 e. The SMILES string of the molecule is CN1CCN(S(=O)(=O)c2ccc(C#N)cc2)CC1(C)C. The van der Waals surface area contributed by atoms with Crippen molar-refractivity contribution in [2.45, 2.75) is 24.3 Å². The molecule has 108 valence electrons. The Kier molecular flexibility index (Phi) is 3.87. The Labute approximate surface area is 120 Å². The van der Waals surface area contributed by atoms with Gasteiger partial charge in [0.15, 0.2) is 0 Å². The molecule has 1 aromatic carbocycles. The predicted octanol–water partition coefficient (Wildman–Crippen LogP) is 1.27. The molecule has 0 bridgehead atoms. The van der Waals surface area contributed by atoms with Crippen molar-refractivity contribution < 1.29 is 8.42 Å². The van der Waals surface area contributed by atoms with Gasteiger partial charge >= 0.3 is 0 Å². The van der Waals surface area contributed by atoms with Crippen molar-refractivity contribution in [2.75, 3.05) is 26.7 Å². The number of nitrogens with zero attached hydrogens (tertiary/aromatic N) is 3. The maximum absolute atomic E-state index is 12.6. The molecule has 0 spiro atoms. The Morgan fingerprint density at radius 1 is 1.20 bits per heavy atom. The largest absolute Gasteiger partial charge is 0.299 e. The number of hydrogen-bond donors (Lipinski definition) is 0. The summed E-state index contributed by atoms with van der Waals surface area (Å²) in [6, 6.07) is 8.06. The Balaban J connectivity index is 2.29. The molecule has 0 saturated carbocycles. The third-order valence-electron chi connectivity index (χ3n) is 3.90. The fourth-order valence-electron chi connectivity index (χ4n) is 2.25. The molecule has 6 heteroatoms. The molecule has 0 unspecified atom stereocenters. The van der Waals surface area contributed by atoms with Gasteiger partial charge in [0.1, 0.15) is 0 Å². The van der Waals surface area contributed by atoms with Gasteiger partial charge in [-0.15, -0.1) is 0 Å². The van der Waals surface area contributed by atoms with Crippen LogP contribution >= 0.6 is 0 Å². The van der Waals surface area contributed by atoms with Gasteiger partial charge in [0.05, 0.1) is 16.5 Å². The van der Waals surface area contributed by atoms with Gasteiger partial charge in [-0.05, 0) is 45.2 Å². The fraction of sp³-hybridized carbons (Fsp3) is 0.500.